The van der Waals surface area contributed by atoms with Crippen molar-refractivity contribution in [3.05, 3.63) is 70.9 Å². The number of nitrogens with zero attached hydrogens (tertiary/aromatic N) is 4. The van der Waals surface area contributed by atoms with Crippen molar-refractivity contribution in [1.29, 1.82) is 0 Å². The highest BCUT2D eigenvalue weighted by atomic mass is 19.1. The minimum absolute atomic E-state index is 0.0397. The Kier molecular flexibility index (Phi) is 4.29. The van der Waals surface area contributed by atoms with Gasteiger partial charge in [-0.15, -0.1) is 5.10 Å². The van der Waals surface area contributed by atoms with Crippen molar-refractivity contribution >= 4 is 5.78 Å². The van der Waals surface area contributed by atoms with Crippen molar-refractivity contribution in [2.45, 2.75) is 51.4 Å². The standard InChI is InChI=1S/C24H22F2N4O/c1-4-19(31)17-9-11-27-22(28-17)24-10-8-14(23(24,2)3)13-12-18(29-30-21(13)24)20-15(25)6-5-7-16(20)26/h5-7,9,11-12,14H,4,8,10H2,1-3H3/t14-,24+/m0/s1. The van der Waals surface area contributed by atoms with E-state index in [4.69, 9.17) is 0 Å². The Morgan fingerprint density at radius 2 is 1.90 bits per heavy atom. The Morgan fingerprint density at radius 1 is 1.16 bits per heavy atom. The van der Waals surface area contributed by atoms with E-state index in [2.05, 4.69) is 34.0 Å². The number of hydrogen-bond acceptors (Lipinski definition) is 5. The second-order valence-electron chi connectivity index (χ2n) is 8.89. The second-order valence-corrected chi connectivity index (χ2v) is 8.89. The van der Waals surface area contributed by atoms with Gasteiger partial charge >= 0.3 is 0 Å². The van der Waals surface area contributed by atoms with Crippen LogP contribution in [0.2, 0.25) is 0 Å². The SMILES string of the molecule is CCC(=O)c1ccnc([C@@]23CC[C@@H](c4cc(-c5c(F)cccc5F)nnc42)C3(C)C)n1. The zero-order chi connectivity index (χ0) is 22.0. The topological polar surface area (TPSA) is 68.6 Å². The number of rotatable bonds is 4. The lowest BCUT2D eigenvalue weighted by Crippen LogP contribution is -2.39. The quantitative estimate of drug-likeness (QED) is 0.555. The third-order valence-corrected chi connectivity index (χ3v) is 7.25. The van der Waals surface area contributed by atoms with Crippen molar-refractivity contribution < 1.29 is 13.6 Å². The first kappa shape index (κ1) is 19.8. The normalized spacial score (nSPS) is 23.1. The summed E-state index contributed by atoms with van der Waals surface area (Å²) in [4.78, 5) is 21.5. The summed E-state index contributed by atoms with van der Waals surface area (Å²) >= 11 is 0. The third kappa shape index (κ3) is 2.55. The molecule has 1 fully saturated rings. The van der Waals surface area contributed by atoms with Crippen molar-refractivity contribution in [1.82, 2.24) is 20.2 Å². The molecule has 2 heterocycles. The molecule has 2 aliphatic rings. The number of halogens is 2. The molecule has 0 aliphatic heterocycles. The Morgan fingerprint density at radius 3 is 2.61 bits per heavy atom. The van der Waals surface area contributed by atoms with Gasteiger partial charge in [-0.05, 0) is 54.0 Å². The zero-order valence-electron chi connectivity index (χ0n) is 17.6. The summed E-state index contributed by atoms with van der Waals surface area (Å²) in [5.41, 5.74) is 1.20. The number of ketones is 1. The molecule has 5 rings (SSSR count). The summed E-state index contributed by atoms with van der Waals surface area (Å²) in [6.07, 6.45) is 3.64. The molecule has 2 bridgehead atoms. The highest BCUT2D eigenvalue weighted by molar-refractivity contribution is 5.93. The first-order chi connectivity index (χ1) is 14.8. The lowest BCUT2D eigenvalue weighted by molar-refractivity contribution is 0.0982. The number of aromatic nitrogens is 4. The van der Waals surface area contributed by atoms with Gasteiger partial charge in [-0.2, -0.15) is 5.10 Å². The summed E-state index contributed by atoms with van der Waals surface area (Å²) < 4.78 is 28.7. The second kappa shape index (κ2) is 6.70. The minimum Gasteiger partial charge on any atom is -0.292 e. The fraction of sp³-hybridized carbons (Fsp3) is 0.375. The van der Waals surface area contributed by atoms with Crippen LogP contribution in [0.4, 0.5) is 8.78 Å². The molecule has 0 spiro atoms. The highest BCUT2D eigenvalue weighted by Crippen LogP contribution is 2.69. The predicted molar refractivity (Wildman–Crippen MR) is 111 cm³/mol. The van der Waals surface area contributed by atoms with Crippen LogP contribution >= 0.6 is 0 Å². The average Bonchev–Trinajstić information content (AvgIpc) is 3.14. The molecule has 0 radical (unpaired) electrons. The zero-order valence-corrected chi connectivity index (χ0v) is 17.6. The molecule has 0 unspecified atom stereocenters. The largest absolute Gasteiger partial charge is 0.292 e. The first-order valence-electron chi connectivity index (χ1n) is 10.5. The minimum atomic E-state index is -0.666. The number of Topliss-reactive ketones (excluding diaryl/α,β-unsaturated/α-hetero) is 1. The maximum Gasteiger partial charge on any atom is 0.181 e. The monoisotopic (exact) mass is 420 g/mol. The van der Waals surface area contributed by atoms with Crippen LogP contribution in [0.3, 0.4) is 0 Å². The fourth-order valence-corrected chi connectivity index (χ4v) is 5.58. The average molecular weight is 420 g/mol. The lowest BCUT2D eigenvalue weighted by atomic mass is 9.67. The molecular weight excluding hydrogens is 398 g/mol. The Bertz CT molecular complexity index is 1210. The highest BCUT2D eigenvalue weighted by Gasteiger charge is 2.65. The van der Waals surface area contributed by atoms with Gasteiger partial charge in [-0.3, -0.25) is 4.79 Å². The van der Waals surface area contributed by atoms with Crippen LogP contribution in [0.1, 0.15) is 73.5 Å². The molecule has 2 aliphatic carbocycles. The Hall–Kier alpha value is -3.09. The van der Waals surface area contributed by atoms with Gasteiger partial charge in [0.1, 0.15) is 23.2 Å². The van der Waals surface area contributed by atoms with Crippen molar-refractivity contribution in [2.75, 3.05) is 0 Å². The van der Waals surface area contributed by atoms with Gasteiger partial charge in [-0.25, -0.2) is 18.7 Å². The van der Waals surface area contributed by atoms with Gasteiger partial charge in [-0.1, -0.05) is 26.8 Å². The lowest BCUT2D eigenvalue weighted by Gasteiger charge is -2.36. The maximum absolute atomic E-state index is 14.4. The molecule has 2 atom stereocenters. The molecule has 5 nitrogen and oxygen atoms in total. The smallest absolute Gasteiger partial charge is 0.181 e. The molecule has 31 heavy (non-hydrogen) atoms. The molecule has 0 amide bonds. The van der Waals surface area contributed by atoms with Crippen molar-refractivity contribution in [3.63, 3.8) is 0 Å². The van der Waals surface area contributed by atoms with Crippen molar-refractivity contribution in [2.24, 2.45) is 5.41 Å². The van der Waals surface area contributed by atoms with Crippen LogP contribution in [0.5, 0.6) is 0 Å². The summed E-state index contributed by atoms with van der Waals surface area (Å²) in [5.74, 6) is -0.680. The van der Waals surface area contributed by atoms with E-state index in [1.54, 1.807) is 25.3 Å². The molecule has 0 N–H and O–H groups in total. The van der Waals surface area contributed by atoms with E-state index in [-0.39, 0.29) is 28.4 Å². The molecule has 158 valence electrons. The van der Waals surface area contributed by atoms with Gasteiger partial charge < -0.3 is 0 Å². The van der Waals surface area contributed by atoms with E-state index in [9.17, 15) is 13.6 Å². The van der Waals surface area contributed by atoms with Gasteiger partial charge in [0.2, 0.25) is 0 Å². The van der Waals surface area contributed by atoms with Gasteiger partial charge in [0.05, 0.1) is 22.4 Å². The van der Waals surface area contributed by atoms with Crippen LogP contribution < -0.4 is 0 Å². The van der Waals surface area contributed by atoms with Crippen LogP contribution in [0.25, 0.3) is 11.3 Å². The number of carbonyl (C=O) groups is 1. The number of benzene rings is 1. The van der Waals surface area contributed by atoms with E-state index < -0.39 is 17.0 Å². The fourth-order valence-electron chi connectivity index (χ4n) is 5.58. The molecule has 0 saturated heterocycles. The van der Waals surface area contributed by atoms with E-state index in [0.29, 0.717) is 17.9 Å². The molecule has 7 heteroatoms. The molecule has 3 aromatic rings. The van der Waals surface area contributed by atoms with Crippen LogP contribution in [-0.4, -0.2) is 25.9 Å². The maximum atomic E-state index is 14.4. The van der Waals surface area contributed by atoms with E-state index >= 15 is 0 Å². The first-order valence-corrected chi connectivity index (χ1v) is 10.5. The molecular formula is C24H22F2N4O. The van der Waals surface area contributed by atoms with Crippen LogP contribution in [0, 0.1) is 17.0 Å². The van der Waals surface area contributed by atoms with Gasteiger partial charge in [0, 0.05) is 12.6 Å². The van der Waals surface area contributed by atoms with E-state index in [1.165, 1.54) is 18.2 Å². The summed E-state index contributed by atoms with van der Waals surface area (Å²) in [5, 5.41) is 8.71. The number of carbonyl (C=O) groups excluding carboxylic acids is 1. The molecule has 1 aromatic carbocycles. The Labute approximate surface area is 179 Å². The third-order valence-electron chi connectivity index (χ3n) is 7.25. The summed E-state index contributed by atoms with van der Waals surface area (Å²) in [6, 6.07) is 7.16. The van der Waals surface area contributed by atoms with Gasteiger partial charge in [0.15, 0.2) is 5.78 Å². The van der Waals surface area contributed by atoms with Crippen LogP contribution in [-0.2, 0) is 5.41 Å². The van der Waals surface area contributed by atoms with Crippen LogP contribution in [0.15, 0.2) is 36.5 Å². The molecule has 1 saturated carbocycles. The summed E-state index contributed by atoms with van der Waals surface area (Å²) in [6.45, 7) is 6.10. The summed E-state index contributed by atoms with van der Waals surface area (Å²) in [7, 11) is 0. The van der Waals surface area contributed by atoms with E-state index in [1.807, 2.05) is 0 Å². The predicted octanol–water partition coefficient (Wildman–Crippen LogP) is 5.01. The van der Waals surface area contributed by atoms with Crippen molar-refractivity contribution in [3.8, 4) is 11.3 Å². The molecule has 2 aromatic heterocycles. The van der Waals surface area contributed by atoms with Gasteiger partial charge in [0.25, 0.3) is 0 Å². The Balaban J connectivity index is 1.70. The van der Waals surface area contributed by atoms with E-state index in [0.717, 1.165) is 24.1 Å². The number of hydrogen-bond donors (Lipinski definition) is 0. The number of fused-ring (bicyclic) bond motifs is 5.